The molecule has 27 heavy (non-hydrogen) atoms. The lowest BCUT2D eigenvalue weighted by Crippen LogP contribution is -2.49. The molecule has 0 bridgehead atoms. The quantitative estimate of drug-likeness (QED) is 0.788. The molecule has 0 aliphatic carbocycles. The number of nitrogens with zero attached hydrogens (tertiary/aromatic N) is 2. The molecule has 142 valence electrons. The van der Waals surface area contributed by atoms with Crippen molar-refractivity contribution in [2.24, 2.45) is 11.7 Å². The summed E-state index contributed by atoms with van der Waals surface area (Å²) in [6.45, 7) is 2.88. The predicted octanol–water partition coefficient (Wildman–Crippen LogP) is 2.94. The molecule has 0 unspecified atom stereocenters. The van der Waals surface area contributed by atoms with Crippen LogP contribution in [0.4, 0.5) is 0 Å². The van der Waals surface area contributed by atoms with Crippen LogP contribution >= 0.6 is 15.9 Å². The highest BCUT2D eigenvalue weighted by atomic mass is 79.9. The number of pyridine rings is 1. The zero-order chi connectivity index (χ0) is 19.4. The predicted molar refractivity (Wildman–Crippen MR) is 105 cm³/mol. The van der Waals surface area contributed by atoms with Gasteiger partial charge in [-0.2, -0.15) is 0 Å². The van der Waals surface area contributed by atoms with Crippen molar-refractivity contribution in [2.45, 2.75) is 25.9 Å². The summed E-state index contributed by atoms with van der Waals surface area (Å²) in [5.41, 5.74) is 6.93. The van der Waals surface area contributed by atoms with E-state index < -0.39 is 5.91 Å². The Balaban J connectivity index is 1.74. The average Bonchev–Trinajstić information content (AvgIpc) is 2.62. The van der Waals surface area contributed by atoms with E-state index >= 15 is 0 Å². The van der Waals surface area contributed by atoms with E-state index in [4.69, 9.17) is 10.5 Å². The van der Waals surface area contributed by atoms with Crippen LogP contribution in [0.1, 0.15) is 28.8 Å². The molecule has 2 amide bonds. The van der Waals surface area contributed by atoms with Crippen LogP contribution in [0.2, 0.25) is 0 Å². The standard InChI is InChI=1S/C20H22BrN3O3/c1-13-7-14(11-23-10-13)20(26)24-6-5-18(15(12-24)8-19(22)25)27-17-4-2-3-16(21)9-17/h2-4,7,9-11,15,18H,5-6,8,12H2,1H3,(H2,22,25)/t15-,18-/m0/s1. The van der Waals surface area contributed by atoms with Gasteiger partial charge < -0.3 is 15.4 Å². The summed E-state index contributed by atoms with van der Waals surface area (Å²) < 4.78 is 7.04. The van der Waals surface area contributed by atoms with Gasteiger partial charge in [0.05, 0.1) is 5.56 Å². The number of aryl methyl sites for hydroxylation is 1. The van der Waals surface area contributed by atoms with Crippen LogP contribution in [0.25, 0.3) is 0 Å². The number of hydrogen-bond donors (Lipinski definition) is 1. The van der Waals surface area contributed by atoms with Gasteiger partial charge in [-0.3, -0.25) is 14.6 Å². The van der Waals surface area contributed by atoms with Crippen LogP contribution in [0.15, 0.2) is 47.2 Å². The number of aromatic nitrogens is 1. The highest BCUT2D eigenvalue weighted by Gasteiger charge is 2.34. The third-order valence-electron chi connectivity index (χ3n) is 4.62. The zero-order valence-electron chi connectivity index (χ0n) is 15.1. The summed E-state index contributed by atoms with van der Waals surface area (Å²) in [6, 6.07) is 9.40. The van der Waals surface area contributed by atoms with Crippen LogP contribution in [-0.4, -0.2) is 40.9 Å². The number of carbonyl (C=O) groups excluding carboxylic acids is 2. The second kappa shape index (κ2) is 8.52. The number of primary amides is 1. The van der Waals surface area contributed by atoms with Crippen molar-refractivity contribution in [2.75, 3.05) is 13.1 Å². The van der Waals surface area contributed by atoms with Crippen molar-refractivity contribution in [3.63, 3.8) is 0 Å². The van der Waals surface area contributed by atoms with Crippen LogP contribution in [0.3, 0.4) is 0 Å². The van der Waals surface area contributed by atoms with Crippen LogP contribution in [0, 0.1) is 12.8 Å². The minimum absolute atomic E-state index is 0.0819. The molecule has 1 aromatic carbocycles. The molecule has 2 atom stereocenters. The van der Waals surface area contributed by atoms with E-state index in [1.807, 2.05) is 37.3 Å². The van der Waals surface area contributed by atoms with Gasteiger partial charge >= 0.3 is 0 Å². The molecular weight excluding hydrogens is 410 g/mol. The summed E-state index contributed by atoms with van der Waals surface area (Å²) in [5.74, 6) is 0.0967. The number of nitrogens with two attached hydrogens (primary N) is 1. The SMILES string of the molecule is Cc1cncc(C(=O)N2CC[C@H](Oc3cccc(Br)c3)[C@@H](CC(N)=O)C2)c1. The van der Waals surface area contributed by atoms with Crippen molar-refractivity contribution < 1.29 is 14.3 Å². The molecule has 0 radical (unpaired) electrons. The Bertz CT molecular complexity index is 843. The Labute approximate surface area is 166 Å². The molecule has 2 N–H and O–H groups in total. The van der Waals surface area contributed by atoms with Gasteiger partial charge in [0.1, 0.15) is 11.9 Å². The molecule has 1 saturated heterocycles. The van der Waals surface area contributed by atoms with Gasteiger partial charge in [-0.05, 0) is 36.8 Å². The summed E-state index contributed by atoms with van der Waals surface area (Å²) in [5, 5.41) is 0. The first-order valence-electron chi connectivity index (χ1n) is 8.84. The Morgan fingerprint density at radius 1 is 1.33 bits per heavy atom. The lowest BCUT2D eigenvalue weighted by atomic mass is 9.90. The number of benzene rings is 1. The molecule has 1 aliphatic heterocycles. The van der Waals surface area contributed by atoms with E-state index in [9.17, 15) is 9.59 Å². The molecule has 7 heteroatoms. The van der Waals surface area contributed by atoms with Crippen LogP contribution < -0.4 is 10.5 Å². The largest absolute Gasteiger partial charge is 0.490 e. The zero-order valence-corrected chi connectivity index (χ0v) is 16.7. The molecule has 2 aromatic rings. The second-order valence-corrected chi connectivity index (χ2v) is 7.75. The van der Waals surface area contributed by atoms with Crippen LogP contribution in [0.5, 0.6) is 5.75 Å². The Kier molecular flexibility index (Phi) is 6.11. The van der Waals surface area contributed by atoms with E-state index in [1.165, 1.54) is 0 Å². The van der Waals surface area contributed by atoms with Crippen molar-refractivity contribution in [1.82, 2.24) is 9.88 Å². The molecule has 2 heterocycles. The van der Waals surface area contributed by atoms with Gasteiger partial charge in [-0.25, -0.2) is 0 Å². The van der Waals surface area contributed by atoms with E-state index in [2.05, 4.69) is 20.9 Å². The third kappa shape index (κ3) is 5.07. The van der Waals surface area contributed by atoms with Crippen LogP contribution in [-0.2, 0) is 4.79 Å². The lowest BCUT2D eigenvalue weighted by molar-refractivity contribution is -0.120. The van der Waals surface area contributed by atoms with Gasteiger partial charge in [0.2, 0.25) is 5.91 Å². The fourth-order valence-electron chi connectivity index (χ4n) is 3.37. The molecule has 1 aromatic heterocycles. The Morgan fingerprint density at radius 2 is 2.15 bits per heavy atom. The number of hydrogen-bond acceptors (Lipinski definition) is 4. The maximum absolute atomic E-state index is 12.8. The third-order valence-corrected chi connectivity index (χ3v) is 5.11. The van der Waals surface area contributed by atoms with Crippen molar-refractivity contribution >= 4 is 27.7 Å². The summed E-state index contributed by atoms with van der Waals surface area (Å²) in [7, 11) is 0. The van der Waals surface area contributed by atoms with Gasteiger partial charge in [0.25, 0.3) is 5.91 Å². The highest BCUT2D eigenvalue weighted by molar-refractivity contribution is 9.10. The van der Waals surface area contributed by atoms with Crippen molar-refractivity contribution in [3.8, 4) is 5.75 Å². The summed E-state index contributed by atoms with van der Waals surface area (Å²) >= 11 is 3.43. The maximum atomic E-state index is 12.8. The average molecular weight is 432 g/mol. The molecule has 0 spiro atoms. The number of likely N-dealkylation sites (tertiary alicyclic amines) is 1. The number of ether oxygens (including phenoxy) is 1. The van der Waals surface area contributed by atoms with E-state index in [-0.39, 0.29) is 24.3 Å². The number of amides is 2. The number of halogens is 1. The van der Waals surface area contributed by atoms with Gasteiger partial charge in [-0.15, -0.1) is 0 Å². The Morgan fingerprint density at radius 3 is 2.85 bits per heavy atom. The minimum atomic E-state index is -0.394. The summed E-state index contributed by atoms with van der Waals surface area (Å²) in [4.78, 5) is 30.2. The monoisotopic (exact) mass is 431 g/mol. The molecule has 6 nitrogen and oxygen atoms in total. The van der Waals surface area contributed by atoms with Crippen molar-refractivity contribution in [3.05, 3.63) is 58.3 Å². The van der Waals surface area contributed by atoms with E-state index in [0.29, 0.717) is 25.1 Å². The minimum Gasteiger partial charge on any atom is -0.490 e. The molecule has 0 saturated carbocycles. The fourth-order valence-corrected chi connectivity index (χ4v) is 3.75. The second-order valence-electron chi connectivity index (χ2n) is 6.84. The number of rotatable bonds is 5. The first kappa shape index (κ1) is 19.4. The smallest absolute Gasteiger partial charge is 0.255 e. The molecule has 1 fully saturated rings. The highest BCUT2D eigenvalue weighted by Crippen LogP contribution is 2.28. The van der Waals surface area contributed by atoms with Crippen molar-refractivity contribution in [1.29, 1.82) is 0 Å². The Hall–Kier alpha value is -2.41. The van der Waals surface area contributed by atoms with E-state index in [0.717, 1.165) is 15.8 Å². The van der Waals surface area contributed by atoms with E-state index in [1.54, 1.807) is 17.3 Å². The number of piperidine rings is 1. The molecule has 1 aliphatic rings. The van der Waals surface area contributed by atoms with Gasteiger partial charge in [-0.1, -0.05) is 22.0 Å². The summed E-state index contributed by atoms with van der Waals surface area (Å²) in [6.07, 6.45) is 3.92. The normalized spacial score (nSPS) is 19.6. The van der Waals surface area contributed by atoms with Gasteiger partial charge in [0, 0.05) is 48.7 Å². The number of carbonyl (C=O) groups is 2. The lowest BCUT2D eigenvalue weighted by Gasteiger charge is -2.38. The van der Waals surface area contributed by atoms with Gasteiger partial charge in [0.15, 0.2) is 0 Å². The maximum Gasteiger partial charge on any atom is 0.255 e. The molecular formula is C20H22BrN3O3. The first-order chi connectivity index (χ1) is 12.9. The topological polar surface area (TPSA) is 85.5 Å². The first-order valence-corrected chi connectivity index (χ1v) is 9.63. The molecule has 3 rings (SSSR count). The fraction of sp³-hybridized carbons (Fsp3) is 0.350.